The summed E-state index contributed by atoms with van der Waals surface area (Å²) in [6.45, 7) is 1.97. The molecule has 1 atom stereocenters. The fraction of sp³-hybridized carbons (Fsp3) is 0.316. The molecule has 8 nitrogen and oxygen atoms in total. The van der Waals surface area contributed by atoms with Crippen molar-refractivity contribution in [1.29, 1.82) is 0 Å². The summed E-state index contributed by atoms with van der Waals surface area (Å²) in [5.41, 5.74) is 0.927. The lowest BCUT2D eigenvalue weighted by molar-refractivity contribution is -0.125. The smallest absolute Gasteiger partial charge is 0.225 e. The van der Waals surface area contributed by atoms with E-state index in [-0.39, 0.29) is 11.8 Å². The van der Waals surface area contributed by atoms with Crippen LogP contribution in [0.5, 0.6) is 0 Å². The van der Waals surface area contributed by atoms with Gasteiger partial charge in [-0.25, -0.2) is 14.6 Å². The van der Waals surface area contributed by atoms with Gasteiger partial charge in [-0.15, -0.1) is 0 Å². The lowest BCUT2D eigenvalue weighted by Gasteiger charge is -2.32. The molecular weight excluding hydrogens is 342 g/mol. The molecule has 1 fully saturated rings. The second kappa shape index (κ2) is 7.94. The summed E-state index contributed by atoms with van der Waals surface area (Å²) >= 11 is 0. The van der Waals surface area contributed by atoms with Crippen molar-refractivity contribution >= 4 is 11.7 Å². The van der Waals surface area contributed by atoms with Gasteiger partial charge in [-0.3, -0.25) is 9.78 Å². The first-order valence-corrected chi connectivity index (χ1v) is 9.04. The number of carbonyl (C=O) groups is 1. The minimum atomic E-state index is -0.0643. The van der Waals surface area contributed by atoms with Gasteiger partial charge in [-0.2, -0.15) is 5.10 Å². The van der Waals surface area contributed by atoms with Crippen LogP contribution in [0.15, 0.2) is 55.4 Å². The van der Waals surface area contributed by atoms with Gasteiger partial charge in [0.1, 0.15) is 5.82 Å². The van der Waals surface area contributed by atoms with Gasteiger partial charge in [0, 0.05) is 56.2 Å². The molecule has 1 aliphatic heterocycles. The van der Waals surface area contributed by atoms with Crippen molar-refractivity contribution in [2.45, 2.75) is 19.4 Å². The number of nitrogens with zero attached hydrogens (tertiary/aromatic N) is 6. The molecule has 1 aliphatic rings. The molecule has 1 saturated heterocycles. The Morgan fingerprint density at radius 3 is 2.96 bits per heavy atom. The second-order valence-corrected chi connectivity index (χ2v) is 6.50. The highest BCUT2D eigenvalue weighted by Crippen LogP contribution is 2.21. The molecule has 0 aliphatic carbocycles. The molecule has 1 N–H and O–H groups in total. The third-order valence-electron chi connectivity index (χ3n) is 4.71. The number of piperidine rings is 1. The molecule has 27 heavy (non-hydrogen) atoms. The molecule has 0 unspecified atom stereocenters. The van der Waals surface area contributed by atoms with Crippen molar-refractivity contribution in [2.24, 2.45) is 5.92 Å². The maximum absolute atomic E-state index is 12.7. The van der Waals surface area contributed by atoms with Gasteiger partial charge in [-0.05, 0) is 25.0 Å². The number of rotatable bonds is 5. The summed E-state index contributed by atoms with van der Waals surface area (Å²) in [5.74, 6) is 1.54. The number of anilines is 1. The maximum atomic E-state index is 12.7. The zero-order chi connectivity index (χ0) is 18.5. The van der Waals surface area contributed by atoms with E-state index in [9.17, 15) is 4.79 Å². The Hall–Kier alpha value is -3.29. The summed E-state index contributed by atoms with van der Waals surface area (Å²) in [7, 11) is 0. The van der Waals surface area contributed by atoms with Crippen molar-refractivity contribution in [3.8, 4) is 5.82 Å². The van der Waals surface area contributed by atoms with Crippen LogP contribution in [0.1, 0.15) is 18.4 Å². The Balaban J connectivity index is 1.40. The van der Waals surface area contributed by atoms with E-state index in [1.54, 1.807) is 35.7 Å². The number of amides is 1. The van der Waals surface area contributed by atoms with E-state index in [1.165, 1.54) is 0 Å². The number of aromatic nitrogens is 5. The van der Waals surface area contributed by atoms with Crippen LogP contribution < -0.4 is 10.2 Å². The number of hydrogen-bond acceptors (Lipinski definition) is 6. The van der Waals surface area contributed by atoms with Crippen LogP contribution in [0.2, 0.25) is 0 Å². The van der Waals surface area contributed by atoms with Crippen LogP contribution in [-0.4, -0.2) is 43.7 Å². The number of carbonyl (C=O) groups excluding carboxylic acids is 1. The van der Waals surface area contributed by atoms with Crippen LogP contribution in [0.25, 0.3) is 5.82 Å². The quantitative estimate of drug-likeness (QED) is 0.741. The van der Waals surface area contributed by atoms with E-state index in [1.807, 2.05) is 24.4 Å². The zero-order valence-electron chi connectivity index (χ0n) is 14.9. The third-order valence-corrected chi connectivity index (χ3v) is 4.71. The van der Waals surface area contributed by atoms with Crippen molar-refractivity contribution < 1.29 is 4.79 Å². The minimum Gasteiger partial charge on any atom is -0.355 e. The van der Waals surface area contributed by atoms with Gasteiger partial charge in [0.25, 0.3) is 0 Å². The van der Waals surface area contributed by atoms with Gasteiger partial charge < -0.3 is 10.2 Å². The average Bonchev–Trinajstić information content (AvgIpc) is 3.28. The average molecular weight is 363 g/mol. The van der Waals surface area contributed by atoms with Crippen molar-refractivity contribution in [3.63, 3.8) is 0 Å². The Bertz CT molecular complexity index is 882. The first-order valence-electron chi connectivity index (χ1n) is 9.04. The Morgan fingerprint density at radius 2 is 2.15 bits per heavy atom. The largest absolute Gasteiger partial charge is 0.355 e. The highest BCUT2D eigenvalue weighted by atomic mass is 16.1. The fourth-order valence-corrected chi connectivity index (χ4v) is 3.35. The van der Waals surface area contributed by atoms with Gasteiger partial charge in [-0.1, -0.05) is 6.07 Å². The predicted octanol–water partition coefficient (Wildman–Crippen LogP) is 1.59. The molecule has 138 valence electrons. The second-order valence-electron chi connectivity index (χ2n) is 6.50. The molecular formula is C19H21N7O. The molecule has 8 heteroatoms. The third kappa shape index (κ3) is 3.94. The molecule has 0 bridgehead atoms. The molecule has 0 saturated carbocycles. The minimum absolute atomic E-state index is 0.0545. The topological polar surface area (TPSA) is 88.8 Å². The number of hydrogen-bond donors (Lipinski definition) is 1. The lowest BCUT2D eigenvalue weighted by Crippen LogP contribution is -2.43. The summed E-state index contributed by atoms with van der Waals surface area (Å²) in [5, 5.41) is 7.29. The molecule has 0 spiro atoms. The van der Waals surface area contributed by atoms with Crippen LogP contribution in [0.4, 0.5) is 5.82 Å². The van der Waals surface area contributed by atoms with Gasteiger partial charge in [0.2, 0.25) is 5.91 Å². The van der Waals surface area contributed by atoms with Gasteiger partial charge in [0.05, 0.1) is 12.1 Å². The van der Waals surface area contributed by atoms with E-state index in [0.717, 1.165) is 36.6 Å². The zero-order valence-corrected chi connectivity index (χ0v) is 14.9. The highest BCUT2D eigenvalue weighted by molar-refractivity contribution is 5.79. The molecule has 1 amide bonds. The molecule has 4 rings (SSSR count). The Morgan fingerprint density at radius 1 is 1.19 bits per heavy atom. The first-order chi connectivity index (χ1) is 13.3. The monoisotopic (exact) mass is 363 g/mol. The molecule has 4 heterocycles. The van der Waals surface area contributed by atoms with Crippen molar-refractivity contribution in [3.05, 3.63) is 60.9 Å². The summed E-state index contributed by atoms with van der Waals surface area (Å²) in [6, 6.07) is 5.67. The van der Waals surface area contributed by atoms with Crippen molar-refractivity contribution in [2.75, 3.05) is 18.0 Å². The fourth-order valence-electron chi connectivity index (χ4n) is 3.35. The first kappa shape index (κ1) is 17.1. The SMILES string of the molecule is O=C(NCc1cccnc1-n1cccn1)[C@H]1CCCN(c2cnccn2)C1. The maximum Gasteiger partial charge on any atom is 0.225 e. The highest BCUT2D eigenvalue weighted by Gasteiger charge is 2.26. The molecule has 3 aromatic heterocycles. The van der Waals surface area contributed by atoms with Gasteiger partial charge in [0.15, 0.2) is 5.82 Å². The van der Waals surface area contributed by atoms with Gasteiger partial charge >= 0.3 is 0 Å². The number of pyridine rings is 1. The molecule has 0 radical (unpaired) electrons. The molecule has 0 aromatic carbocycles. The summed E-state index contributed by atoms with van der Waals surface area (Å²) in [6.07, 6.45) is 12.2. The Kier molecular flexibility index (Phi) is 5.04. The normalized spacial score (nSPS) is 16.9. The van der Waals surface area contributed by atoms with E-state index >= 15 is 0 Å². The lowest BCUT2D eigenvalue weighted by atomic mass is 9.97. The van der Waals surface area contributed by atoms with E-state index in [0.29, 0.717) is 13.1 Å². The molecule has 3 aromatic rings. The summed E-state index contributed by atoms with van der Waals surface area (Å²) in [4.78, 5) is 27.7. The summed E-state index contributed by atoms with van der Waals surface area (Å²) < 4.78 is 1.71. The van der Waals surface area contributed by atoms with E-state index < -0.39 is 0 Å². The number of nitrogens with one attached hydrogen (secondary N) is 1. The van der Waals surface area contributed by atoms with Crippen LogP contribution in [0.3, 0.4) is 0 Å². The van der Waals surface area contributed by atoms with Crippen LogP contribution >= 0.6 is 0 Å². The van der Waals surface area contributed by atoms with E-state index in [4.69, 9.17) is 0 Å². The van der Waals surface area contributed by atoms with E-state index in [2.05, 4.69) is 30.3 Å². The Labute approximate surface area is 157 Å². The van der Waals surface area contributed by atoms with Crippen molar-refractivity contribution in [1.82, 2.24) is 30.0 Å². The van der Waals surface area contributed by atoms with Crippen LogP contribution in [0, 0.1) is 5.92 Å². The predicted molar refractivity (Wildman–Crippen MR) is 100 cm³/mol. The standard InChI is InChI=1S/C19H21N7O/c27-19(16-5-2-10-25(14-16)17-13-20-8-9-21-17)23-12-15-4-1-6-22-18(15)26-11-3-7-24-26/h1,3-4,6-9,11,13,16H,2,5,10,12,14H2,(H,23,27)/t16-/m0/s1. The van der Waals surface area contributed by atoms with Crippen LogP contribution in [-0.2, 0) is 11.3 Å².